The van der Waals surface area contributed by atoms with E-state index in [2.05, 4.69) is 16.4 Å². The molecule has 0 radical (unpaired) electrons. The Balaban J connectivity index is 1.97. The van der Waals surface area contributed by atoms with Gasteiger partial charge in [-0.05, 0) is 37.1 Å². The molecule has 0 saturated carbocycles. The molecule has 0 aliphatic rings. The largest absolute Gasteiger partial charge is 0.363 e. The number of unbranched alkanes of at least 4 members (excludes halogenated alkanes) is 3. The van der Waals surface area contributed by atoms with Crippen molar-refractivity contribution < 1.29 is 4.79 Å². The molecule has 5 nitrogen and oxygen atoms in total. The molecule has 0 aliphatic heterocycles. The third-order valence-corrected chi connectivity index (χ3v) is 4.08. The third kappa shape index (κ3) is 5.20. The summed E-state index contributed by atoms with van der Waals surface area (Å²) in [6.07, 6.45) is 4.70. The van der Waals surface area contributed by atoms with Crippen molar-refractivity contribution >= 4 is 22.6 Å². The van der Waals surface area contributed by atoms with Crippen LogP contribution in [0.25, 0.3) is 10.9 Å². The summed E-state index contributed by atoms with van der Waals surface area (Å²) in [6, 6.07) is 10.1. The Hall–Kier alpha value is -2.14. The first-order valence-corrected chi connectivity index (χ1v) is 8.64. The van der Waals surface area contributed by atoms with Crippen molar-refractivity contribution in [1.82, 2.24) is 10.3 Å². The van der Waals surface area contributed by atoms with Crippen molar-refractivity contribution in [3.63, 3.8) is 0 Å². The van der Waals surface area contributed by atoms with E-state index in [1.807, 2.05) is 43.3 Å². The molecule has 1 aromatic carbocycles. The lowest BCUT2D eigenvalue weighted by Crippen LogP contribution is -2.23. The first kappa shape index (κ1) is 18.2. The fraction of sp³-hybridized carbons (Fsp3) is 0.474. The predicted octanol–water partition coefficient (Wildman–Crippen LogP) is 2.83. The quantitative estimate of drug-likeness (QED) is 0.694. The standard InChI is InChI=1S/C19H28N4O/c1-23(2)18-13-15(16-9-6-7-10-17(16)22-18)14-21-19(24)11-5-3-4-8-12-20/h6-7,9-10,13H,3-5,8,11-12,14,20H2,1-2H3,(H,21,24). The van der Waals surface area contributed by atoms with Crippen molar-refractivity contribution in [2.75, 3.05) is 25.5 Å². The minimum absolute atomic E-state index is 0.107. The van der Waals surface area contributed by atoms with Gasteiger partial charge in [0.15, 0.2) is 0 Å². The maximum absolute atomic E-state index is 12.0. The van der Waals surface area contributed by atoms with Gasteiger partial charge in [-0.15, -0.1) is 0 Å². The van der Waals surface area contributed by atoms with Gasteiger partial charge in [0.2, 0.25) is 5.91 Å². The Morgan fingerprint density at radius 2 is 1.92 bits per heavy atom. The van der Waals surface area contributed by atoms with E-state index >= 15 is 0 Å². The van der Waals surface area contributed by atoms with E-state index in [-0.39, 0.29) is 5.91 Å². The predicted molar refractivity (Wildman–Crippen MR) is 100 cm³/mol. The van der Waals surface area contributed by atoms with Gasteiger partial charge in [-0.3, -0.25) is 4.79 Å². The summed E-state index contributed by atoms with van der Waals surface area (Å²) in [5.74, 6) is 1.01. The van der Waals surface area contributed by atoms with Crippen LogP contribution in [0.1, 0.15) is 37.7 Å². The monoisotopic (exact) mass is 328 g/mol. The van der Waals surface area contributed by atoms with Gasteiger partial charge in [-0.25, -0.2) is 4.98 Å². The maximum Gasteiger partial charge on any atom is 0.220 e. The van der Waals surface area contributed by atoms with Gasteiger partial charge in [0.1, 0.15) is 5.82 Å². The van der Waals surface area contributed by atoms with E-state index in [1.165, 1.54) is 0 Å². The zero-order valence-electron chi connectivity index (χ0n) is 14.7. The summed E-state index contributed by atoms with van der Waals surface area (Å²) in [5, 5.41) is 4.13. The third-order valence-electron chi connectivity index (χ3n) is 4.08. The molecule has 0 bridgehead atoms. The highest BCUT2D eigenvalue weighted by Gasteiger charge is 2.08. The van der Waals surface area contributed by atoms with Gasteiger partial charge in [0.05, 0.1) is 5.52 Å². The lowest BCUT2D eigenvalue weighted by molar-refractivity contribution is -0.121. The van der Waals surface area contributed by atoms with Crippen molar-refractivity contribution in [3.05, 3.63) is 35.9 Å². The van der Waals surface area contributed by atoms with Crippen LogP contribution in [-0.4, -0.2) is 31.5 Å². The maximum atomic E-state index is 12.0. The van der Waals surface area contributed by atoms with E-state index < -0.39 is 0 Å². The zero-order valence-corrected chi connectivity index (χ0v) is 14.7. The number of pyridine rings is 1. The highest BCUT2D eigenvalue weighted by Crippen LogP contribution is 2.22. The number of nitrogens with one attached hydrogen (secondary N) is 1. The Morgan fingerprint density at radius 3 is 2.67 bits per heavy atom. The van der Waals surface area contributed by atoms with Gasteiger partial charge in [0, 0.05) is 32.4 Å². The number of hydrogen-bond donors (Lipinski definition) is 2. The lowest BCUT2D eigenvalue weighted by Gasteiger charge is -2.15. The number of carbonyl (C=O) groups excluding carboxylic acids is 1. The number of nitrogens with two attached hydrogens (primary N) is 1. The van der Waals surface area contributed by atoms with Crippen LogP contribution >= 0.6 is 0 Å². The van der Waals surface area contributed by atoms with Crippen molar-refractivity contribution in [2.24, 2.45) is 5.73 Å². The van der Waals surface area contributed by atoms with Gasteiger partial charge >= 0.3 is 0 Å². The first-order chi connectivity index (χ1) is 11.6. The van der Waals surface area contributed by atoms with Crippen LogP contribution < -0.4 is 16.0 Å². The normalized spacial score (nSPS) is 10.8. The summed E-state index contributed by atoms with van der Waals surface area (Å²) in [5.41, 5.74) is 7.53. The molecule has 5 heteroatoms. The van der Waals surface area contributed by atoms with Crippen LogP contribution in [0.4, 0.5) is 5.82 Å². The summed E-state index contributed by atoms with van der Waals surface area (Å²) in [6.45, 7) is 1.26. The van der Waals surface area contributed by atoms with E-state index in [1.54, 1.807) is 0 Å². The molecule has 1 aromatic heterocycles. The molecule has 130 valence electrons. The highest BCUT2D eigenvalue weighted by molar-refractivity contribution is 5.85. The van der Waals surface area contributed by atoms with E-state index in [0.717, 1.165) is 54.5 Å². The average Bonchev–Trinajstić information content (AvgIpc) is 2.59. The number of rotatable bonds is 9. The highest BCUT2D eigenvalue weighted by atomic mass is 16.1. The molecule has 0 fully saturated rings. The van der Waals surface area contributed by atoms with E-state index in [0.29, 0.717) is 13.0 Å². The van der Waals surface area contributed by atoms with Gasteiger partial charge < -0.3 is 16.0 Å². The number of aromatic nitrogens is 1. The number of benzene rings is 1. The van der Waals surface area contributed by atoms with Crippen LogP contribution in [-0.2, 0) is 11.3 Å². The molecule has 0 unspecified atom stereocenters. The molecule has 0 saturated heterocycles. The molecule has 1 heterocycles. The Morgan fingerprint density at radius 1 is 1.17 bits per heavy atom. The van der Waals surface area contributed by atoms with Crippen LogP contribution in [0.15, 0.2) is 30.3 Å². The van der Waals surface area contributed by atoms with E-state index in [4.69, 9.17) is 5.73 Å². The average molecular weight is 328 g/mol. The SMILES string of the molecule is CN(C)c1cc(CNC(=O)CCCCCCN)c2ccccc2n1. The Kier molecular flexibility index (Phi) is 7.00. The molecule has 0 atom stereocenters. The number of amides is 1. The number of carbonyl (C=O) groups is 1. The van der Waals surface area contributed by atoms with Crippen molar-refractivity contribution in [2.45, 2.75) is 38.6 Å². The van der Waals surface area contributed by atoms with Gasteiger partial charge in [-0.2, -0.15) is 0 Å². The molecule has 2 aromatic rings. The number of nitrogens with zero attached hydrogens (tertiary/aromatic N) is 2. The van der Waals surface area contributed by atoms with Crippen LogP contribution in [0, 0.1) is 0 Å². The van der Waals surface area contributed by atoms with Gasteiger partial charge in [0.25, 0.3) is 0 Å². The number of fused-ring (bicyclic) bond motifs is 1. The fourth-order valence-corrected chi connectivity index (χ4v) is 2.67. The number of para-hydroxylation sites is 1. The van der Waals surface area contributed by atoms with Crippen molar-refractivity contribution in [3.8, 4) is 0 Å². The molecule has 24 heavy (non-hydrogen) atoms. The second-order valence-electron chi connectivity index (χ2n) is 6.28. The van der Waals surface area contributed by atoms with Gasteiger partial charge in [-0.1, -0.05) is 31.0 Å². The zero-order chi connectivity index (χ0) is 17.4. The molecule has 2 rings (SSSR count). The Bertz CT molecular complexity index is 669. The first-order valence-electron chi connectivity index (χ1n) is 8.64. The summed E-state index contributed by atoms with van der Waals surface area (Å²) < 4.78 is 0. The molecular formula is C19H28N4O. The minimum Gasteiger partial charge on any atom is -0.363 e. The summed E-state index contributed by atoms with van der Waals surface area (Å²) in [4.78, 5) is 18.7. The molecular weight excluding hydrogens is 300 g/mol. The topological polar surface area (TPSA) is 71.2 Å². The lowest BCUT2D eigenvalue weighted by atomic mass is 10.1. The molecule has 0 aliphatic carbocycles. The second kappa shape index (κ2) is 9.23. The van der Waals surface area contributed by atoms with Crippen molar-refractivity contribution in [1.29, 1.82) is 0 Å². The summed E-state index contributed by atoms with van der Waals surface area (Å²) >= 11 is 0. The summed E-state index contributed by atoms with van der Waals surface area (Å²) in [7, 11) is 3.95. The van der Waals surface area contributed by atoms with E-state index in [9.17, 15) is 4.79 Å². The molecule has 0 spiro atoms. The molecule has 1 amide bonds. The second-order valence-corrected chi connectivity index (χ2v) is 6.28. The number of anilines is 1. The molecule has 3 N–H and O–H groups in total. The fourth-order valence-electron chi connectivity index (χ4n) is 2.67. The number of hydrogen-bond acceptors (Lipinski definition) is 4. The smallest absolute Gasteiger partial charge is 0.220 e. The Labute approximate surface area is 144 Å². The van der Waals surface area contributed by atoms with Crippen LogP contribution in [0.5, 0.6) is 0 Å². The van der Waals surface area contributed by atoms with Crippen LogP contribution in [0.2, 0.25) is 0 Å². The minimum atomic E-state index is 0.107. The van der Waals surface area contributed by atoms with Crippen LogP contribution in [0.3, 0.4) is 0 Å².